The van der Waals surface area contributed by atoms with Crippen LogP contribution in [0.4, 0.5) is 5.13 Å². The second kappa shape index (κ2) is 11.5. The number of hydrogen-bond acceptors (Lipinski definition) is 12. The van der Waals surface area contributed by atoms with Crippen LogP contribution in [0.25, 0.3) is 0 Å². The number of β-lactam (4-membered cyclic amide) rings is 1. The van der Waals surface area contributed by atoms with Gasteiger partial charge >= 0.3 is 5.97 Å². The number of halogens is 1. The molecule has 0 spiro atoms. The first-order valence-electron chi connectivity index (χ1n) is 11.1. The molecule has 0 saturated carbocycles. The minimum atomic E-state index is -1.37. The van der Waals surface area contributed by atoms with Gasteiger partial charge in [0.15, 0.2) is 22.3 Å². The summed E-state index contributed by atoms with van der Waals surface area (Å²) in [7, 11) is 0. The quantitative estimate of drug-likeness (QED) is 0.0975. The molecule has 0 aliphatic carbocycles. The zero-order valence-corrected chi connectivity index (χ0v) is 23.2. The lowest BCUT2D eigenvalue weighted by Gasteiger charge is -2.49. The monoisotopic (exact) mass is 640 g/mol. The number of carboxylic acid groups (broad SMARTS) is 1. The Balaban J connectivity index is 1.48. The fraction of sp³-hybridized carbons (Fsp3) is 0.273. The molecule has 2 aliphatic rings. The van der Waals surface area contributed by atoms with E-state index < -0.39 is 46.6 Å². The van der Waals surface area contributed by atoms with E-state index in [1.54, 1.807) is 6.92 Å². The highest BCUT2D eigenvalue weighted by Crippen LogP contribution is 2.40. The van der Waals surface area contributed by atoms with Crippen molar-refractivity contribution in [3.63, 3.8) is 0 Å². The molecule has 1 aromatic heterocycles. The molecule has 1 aromatic carbocycles. The van der Waals surface area contributed by atoms with Crippen LogP contribution >= 0.6 is 39.0 Å². The number of nitrogen functional groups attached to an aromatic ring is 1. The van der Waals surface area contributed by atoms with Crippen molar-refractivity contribution in [1.82, 2.24) is 20.5 Å². The number of carbonyl (C=O) groups is 4. The number of carbonyl (C=O) groups excluding carboxylic acids is 3. The molecule has 1 saturated heterocycles. The minimum Gasteiger partial charge on any atom is -0.504 e. The number of phenols is 2. The predicted molar refractivity (Wildman–Crippen MR) is 144 cm³/mol. The van der Waals surface area contributed by atoms with Crippen LogP contribution in [0.3, 0.4) is 0 Å². The maximum atomic E-state index is 13.0. The van der Waals surface area contributed by atoms with Crippen molar-refractivity contribution in [1.29, 1.82) is 0 Å². The number of nitrogens with zero attached hydrogens (tertiary/aromatic N) is 3. The molecule has 3 heterocycles. The number of benzene rings is 1. The molecule has 0 unspecified atom stereocenters. The second-order valence-corrected chi connectivity index (χ2v) is 10.9. The number of thioether (sulfide) groups is 1. The van der Waals surface area contributed by atoms with Crippen molar-refractivity contribution in [3.05, 3.63) is 44.5 Å². The van der Waals surface area contributed by atoms with Crippen LogP contribution in [0.15, 0.2) is 38.4 Å². The SMILES string of the molecule is CCO/N=C(\C(=O)N[C@@H]1C(=O)N2C(C(=O)O)=C(CNC(=O)c3cc(O)c(O)cc3Br)CS[C@H]12)c1csc(N)n1. The zero-order chi connectivity index (χ0) is 28.4. The first-order chi connectivity index (χ1) is 18.5. The number of phenolic OH excluding ortho intramolecular Hbond substituents is 2. The summed E-state index contributed by atoms with van der Waals surface area (Å²) in [5, 5.41) is 39.1. The van der Waals surface area contributed by atoms with E-state index in [0.717, 1.165) is 28.4 Å². The largest absolute Gasteiger partial charge is 0.504 e. The summed E-state index contributed by atoms with van der Waals surface area (Å²) < 4.78 is 0.213. The Bertz CT molecular complexity index is 1430. The number of nitrogens with one attached hydrogen (secondary N) is 2. The van der Waals surface area contributed by atoms with Gasteiger partial charge in [-0.2, -0.15) is 0 Å². The van der Waals surface area contributed by atoms with Gasteiger partial charge in [0.05, 0.1) is 5.56 Å². The van der Waals surface area contributed by atoms with Crippen molar-refractivity contribution in [2.45, 2.75) is 18.3 Å². The lowest BCUT2D eigenvalue weighted by atomic mass is 10.0. The summed E-state index contributed by atoms with van der Waals surface area (Å²) >= 11 is 5.44. The van der Waals surface area contributed by atoms with E-state index in [2.05, 4.69) is 36.7 Å². The summed E-state index contributed by atoms with van der Waals surface area (Å²) in [6.07, 6.45) is 0. The summed E-state index contributed by atoms with van der Waals surface area (Å²) in [5.41, 5.74) is 5.63. The summed E-state index contributed by atoms with van der Waals surface area (Å²) in [4.78, 5) is 60.8. The number of fused-ring (bicyclic) bond motifs is 1. The molecule has 7 N–H and O–H groups in total. The van der Waals surface area contributed by atoms with Gasteiger partial charge in [0, 0.05) is 22.2 Å². The molecular weight excluding hydrogens is 620 g/mol. The van der Waals surface area contributed by atoms with Crippen LogP contribution in [0, 0.1) is 0 Å². The highest BCUT2D eigenvalue weighted by molar-refractivity contribution is 9.10. The Kier molecular flexibility index (Phi) is 8.31. The van der Waals surface area contributed by atoms with Gasteiger partial charge in [0.25, 0.3) is 17.7 Å². The third kappa shape index (κ3) is 5.64. The van der Waals surface area contributed by atoms with Crippen molar-refractivity contribution in [2.24, 2.45) is 5.16 Å². The smallest absolute Gasteiger partial charge is 0.352 e. The number of hydrogen-bond donors (Lipinski definition) is 6. The van der Waals surface area contributed by atoms with Gasteiger partial charge in [-0.1, -0.05) is 5.16 Å². The average molecular weight is 641 g/mol. The summed E-state index contributed by atoms with van der Waals surface area (Å²) in [6.45, 7) is 1.65. The topological polar surface area (TPSA) is 217 Å². The molecule has 2 atom stereocenters. The number of thiazole rings is 1. The van der Waals surface area contributed by atoms with Crippen LogP contribution < -0.4 is 16.4 Å². The molecule has 2 aromatic rings. The van der Waals surface area contributed by atoms with E-state index in [9.17, 15) is 34.5 Å². The van der Waals surface area contributed by atoms with Gasteiger partial charge in [0.2, 0.25) is 0 Å². The number of carboxylic acids is 1. The number of rotatable bonds is 9. The van der Waals surface area contributed by atoms with Crippen molar-refractivity contribution < 1.29 is 39.3 Å². The number of oxime groups is 1. The van der Waals surface area contributed by atoms with Gasteiger partial charge < -0.3 is 36.5 Å². The predicted octanol–water partition coefficient (Wildman–Crippen LogP) is 0.808. The Morgan fingerprint density at radius 3 is 2.67 bits per heavy atom. The van der Waals surface area contributed by atoms with Gasteiger partial charge in [-0.3, -0.25) is 19.3 Å². The molecule has 2 aliphatic heterocycles. The molecule has 206 valence electrons. The lowest BCUT2D eigenvalue weighted by Crippen LogP contribution is -2.71. The van der Waals surface area contributed by atoms with Gasteiger partial charge in [-0.15, -0.1) is 23.1 Å². The van der Waals surface area contributed by atoms with Crippen LogP contribution in [-0.2, 0) is 19.2 Å². The first-order valence-corrected chi connectivity index (χ1v) is 13.9. The third-order valence-electron chi connectivity index (χ3n) is 5.57. The van der Waals surface area contributed by atoms with Crippen molar-refractivity contribution in [3.8, 4) is 11.5 Å². The number of amides is 3. The summed E-state index contributed by atoms with van der Waals surface area (Å²) in [5.74, 6) is -4.19. The molecule has 39 heavy (non-hydrogen) atoms. The number of aromatic hydroxyl groups is 2. The van der Waals surface area contributed by atoms with Crippen LogP contribution in [0.2, 0.25) is 0 Å². The Morgan fingerprint density at radius 2 is 2.03 bits per heavy atom. The first kappa shape index (κ1) is 28.2. The fourth-order valence-corrected chi connectivity index (χ4v) is 6.17. The second-order valence-electron chi connectivity index (χ2n) is 8.05. The molecule has 3 amide bonds. The van der Waals surface area contributed by atoms with Crippen LogP contribution in [-0.4, -0.2) is 84.9 Å². The molecule has 1 fully saturated rings. The maximum absolute atomic E-state index is 13.0. The van der Waals surface area contributed by atoms with E-state index in [1.807, 2.05) is 0 Å². The Labute approximate surface area is 237 Å². The van der Waals surface area contributed by atoms with E-state index in [4.69, 9.17) is 10.6 Å². The standard InChI is InChI=1S/C22H21BrN6O8S2/c1-2-37-28-14(11-7-39-22(24)26-11)18(33)27-15-19(34)29-16(21(35)36)8(6-38-20(15)29)5-25-17(32)9-3-12(30)13(31)4-10(9)23/h3-4,7,15,20,30-31H,2,5-6H2,1H3,(H2,24,26)(H,25,32)(H,27,33)(H,35,36)/b28-14-/t15-,20-/m1/s1. The summed E-state index contributed by atoms with van der Waals surface area (Å²) in [6, 6.07) is 1.17. The molecule has 0 radical (unpaired) electrons. The zero-order valence-electron chi connectivity index (χ0n) is 20.0. The molecule has 17 heteroatoms. The Morgan fingerprint density at radius 1 is 1.31 bits per heavy atom. The number of anilines is 1. The fourth-order valence-electron chi connectivity index (χ4n) is 3.77. The van der Waals surface area contributed by atoms with Crippen molar-refractivity contribution >= 4 is 73.6 Å². The highest BCUT2D eigenvalue weighted by Gasteiger charge is 2.54. The van der Waals surface area contributed by atoms with Gasteiger partial charge in [-0.05, 0) is 40.6 Å². The van der Waals surface area contributed by atoms with Crippen LogP contribution in [0.1, 0.15) is 23.0 Å². The molecule has 14 nitrogen and oxygen atoms in total. The maximum Gasteiger partial charge on any atom is 0.352 e. The third-order valence-corrected chi connectivity index (χ3v) is 8.24. The van der Waals surface area contributed by atoms with E-state index >= 15 is 0 Å². The number of nitrogens with two attached hydrogens (primary N) is 1. The highest BCUT2D eigenvalue weighted by atomic mass is 79.9. The van der Waals surface area contributed by atoms with Crippen molar-refractivity contribution in [2.75, 3.05) is 24.6 Å². The number of aliphatic carboxylic acids is 1. The normalized spacial score (nSPS) is 18.8. The molecule has 4 rings (SSSR count). The van der Waals surface area contributed by atoms with Gasteiger partial charge in [0.1, 0.15) is 29.4 Å². The lowest BCUT2D eigenvalue weighted by molar-refractivity contribution is -0.150. The van der Waals surface area contributed by atoms with E-state index in [0.29, 0.717) is 0 Å². The van der Waals surface area contributed by atoms with E-state index in [1.165, 1.54) is 17.1 Å². The van der Waals surface area contributed by atoms with E-state index in [-0.39, 0.29) is 56.7 Å². The number of aromatic nitrogens is 1. The average Bonchev–Trinajstić information content (AvgIpc) is 3.33. The molecule has 0 bridgehead atoms. The van der Waals surface area contributed by atoms with Gasteiger partial charge in [-0.25, -0.2) is 9.78 Å². The van der Waals surface area contributed by atoms with Crippen LogP contribution in [0.5, 0.6) is 11.5 Å². The Hall–Kier alpha value is -3.83. The molecular formula is C22H21BrN6O8S2. The minimum absolute atomic E-state index is 0.0123.